The average Bonchev–Trinajstić information content (AvgIpc) is 3.30. The molecule has 1 fully saturated rings. The van der Waals surface area contributed by atoms with Crippen LogP contribution >= 0.6 is 11.3 Å². The molecule has 138 valence electrons. The van der Waals surface area contributed by atoms with Crippen LogP contribution in [0, 0.1) is 6.92 Å². The summed E-state index contributed by atoms with van der Waals surface area (Å²) in [6.07, 6.45) is 2.21. The molecule has 0 bridgehead atoms. The van der Waals surface area contributed by atoms with Crippen LogP contribution < -0.4 is 10.1 Å². The van der Waals surface area contributed by atoms with Gasteiger partial charge in [0.15, 0.2) is 11.7 Å². The number of benzene rings is 1. The van der Waals surface area contributed by atoms with Gasteiger partial charge in [-0.3, -0.25) is 10.1 Å². The minimum Gasteiger partial charge on any atom is -0.491 e. The minimum atomic E-state index is -0.568. The molecular weight excluding hydrogens is 356 g/mol. The fourth-order valence-electron chi connectivity index (χ4n) is 2.43. The lowest BCUT2D eigenvalue weighted by Gasteiger charge is -2.11. The Kier molecular flexibility index (Phi) is 6.19. The first-order chi connectivity index (χ1) is 12.6. The number of hydrogen-bond donors (Lipinski definition) is 1. The maximum atomic E-state index is 12.0. The molecule has 0 spiro atoms. The predicted octanol–water partition coefficient (Wildman–Crippen LogP) is 2.80. The first-order valence-corrected chi connectivity index (χ1v) is 9.22. The molecule has 0 saturated carbocycles. The minimum absolute atomic E-state index is 0.139. The van der Waals surface area contributed by atoms with Gasteiger partial charge >= 0.3 is 5.97 Å². The summed E-state index contributed by atoms with van der Waals surface area (Å²) in [5.41, 5.74) is 1.18. The number of ether oxygens (including phenoxy) is 3. The molecule has 3 rings (SSSR count). The van der Waals surface area contributed by atoms with Crippen LogP contribution in [-0.4, -0.2) is 42.8 Å². The van der Waals surface area contributed by atoms with Gasteiger partial charge in [0.2, 0.25) is 0 Å². The van der Waals surface area contributed by atoms with Gasteiger partial charge in [-0.15, -0.1) is 11.3 Å². The largest absolute Gasteiger partial charge is 0.491 e. The maximum Gasteiger partial charge on any atom is 0.338 e. The molecule has 8 heteroatoms. The summed E-state index contributed by atoms with van der Waals surface area (Å²) in [7, 11) is 0. The molecule has 7 nitrogen and oxygen atoms in total. The fraction of sp³-hybridized carbons (Fsp3) is 0.389. The van der Waals surface area contributed by atoms with E-state index in [1.807, 2.05) is 12.3 Å². The SMILES string of the molecule is Cc1csc(NC(=O)COC(=O)c2ccc(OCC3CCCO3)cc2)n1. The van der Waals surface area contributed by atoms with E-state index in [0.29, 0.717) is 23.1 Å². The number of hydrogen-bond acceptors (Lipinski definition) is 7. The number of anilines is 1. The van der Waals surface area contributed by atoms with Gasteiger partial charge in [-0.1, -0.05) is 0 Å². The van der Waals surface area contributed by atoms with Gasteiger partial charge in [0.05, 0.1) is 17.4 Å². The molecule has 1 atom stereocenters. The highest BCUT2D eigenvalue weighted by Gasteiger charge is 2.16. The third-order valence-corrected chi connectivity index (χ3v) is 4.63. The summed E-state index contributed by atoms with van der Waals surface area (Å²) in [4.78, 5) is 27.9. The van der Waals surface area contributed by atoms with Gasteiger partial charge in [0.1, 0.15) is 12.4 Å². The second kappa shape index (κ2) is 8.77. The highest BCUT2D eigenvalue weighted by Crippen LogP contribution is 2.17. The van der Waals surface area contributed by atoms with Crippen LogP contribution in [-0.2, 0) is 14.3 Å². The molecule has 1 aliphatic rings. The normalized spacial score (nSPS) is 16.3. The number of aryl methyl sites for hydroxylation is 1. The van der Waals surface area contributed by atoms with Crippen molar-refractivity contribution >= 4 is 28.3 Å². The van der Waals surface area contributed by atoms with Crippen LogP contribution in [0.4, 0.5) is 5.13 Å². The number of thiazole rings is 1. The van der Waals surface area contributed by atoms with Crippen LogP contribution in [0.2, 0.25) is 0 Å². The van der Waals surface area contributed by atoms with Crippen molar-refractivity contribution in [1.29, 1.82) is 0 Å². The van der Waals surface area contributed by atoms with Crippen molar-refractivity contribution < 1.29 is 23.8 Å². The molecular formula is C18H20N2O5S. The third-order valence-electron chi connectivity index (χ3n) is 3.75. The Labute approximate surface area is 155 Å². The van der Waals surface area contributed by atoms with Crippen LogP contribution in [0.5, 0.6) is 5.75 Å². The summed E-state index contributed by atoms with van der Waals surface area (Å²) < 4.78 is 16.2. The number of carbonyl (C=O) groups is 2. The van der Waals surface area contributed by atoms with Gasteiger partial charge in [-0.2, -0.15) is 0 Å². The summed E-state index contributed by atoms with van der Waals surface area (Å²) in [6.45, 7) is 2.75. The first-order valence-electron chi connectivity index (χ1n) is 8.34. The molecule has 2 aromatic rings. The molecule has 0 aliphatic carbocycles. The monoisotopic (exact) mass is 376 g/mol. The molecule has 1 aliphatic heterocycles. The zero-order chi connectivity index (χ0) is 18.4. The lowest BCUT2D eigenvalue weighted by molar-refractivity contribution is -0.119. The molecule has 1 aromatic heterocycles. The summed E-state index contributed by atoms with van der Waals surface area (Å²) in [6, 6.07) is 6.61. The number of nitrogens with zero attached hydrogens (tertiary/aromatic N) is 1. The topological polar surface area (TPSA) is 86.8 Å². The predicted molar refractivity (Wildman–Crippen MR) is 96.7 cm³/mol. The van der Waals surface area contributed by atoms with Gasteiger partial charge in [-0.25, -0.2) is 9.78 Å². The summed E-state index contributed by atoms with van der Waals surface area (Å²) in [5, 5.41) is 4.89. The van der Waals surface area contributed by atoms with Crippen molar-refractivity contribution in [3.05, 3.63) is 40.9 Å². The summed E-state index contributed by atoms with van der Waals surface area (Å²) >= 11 is 1.32. The molecule has 0 radical (unpaired) electrons. The van der Waals surface area contributed by atoms with Crippen LogP contribution in [0.25, 0.3) is 0 Å². The molecule has 26 heavy (non-hydrogen) atoms. The van der Waals surface area contributed by atoms with Crippen LogP contribution in [0.3, 0.4) is 0 Å². The molecule has 1 saturated heterocycles. The highest BCUT2D eigenvalue weighted by atomic mass is 32.1. The van der Waals surface area contributed by atoms with Gasteiger partial charge in [-0.05, 0) is 44.0 Å². The summed E-state index contributed by atoms with van der Waals surface area (Å²) in [5.74, 6) is -0.334. The van der Waals surface area contributed by atoms with Crippen molar-refractivity contribution in [2.45, 2.75) is 25.9 Å². The van der Waals surface area contributed by atoms with E-state index in [2.05, 4.69) is 10.3 Å². The smallest absolute Gasteiger partial charge is 0.338 e. The van der Waals surface area contributed by atoms with Crippen LogP contribution in [0.15, 0.2) is 29.6 Å². The number of amides is 1. The number of esters is 1. The second-order valence-corrected chi connectivity index (χ2v) is 6.75. The third kappa shape index (κ3) is 5.27. The second-order valence-electron chi connectivity index (χ2n) is 5.89. The Hall–Kier alpha value is -2.45. The maximum absolute atomic E-state index is 12.0. The molecule has 1 aromatic carbocycles. The number of aromatic nitrogens is 1. The van der Waals surface area contributed by atoms with Crippen molar-refractivity contribution in [3.63, 3.8) is 0 Å². The quantitative estimate of drug-likeness (QED) is 0.748. The Balaban J connectivity index is 1.42. The van der Waals surface area contributed by atoms with Crippen molar-refractivity contribution in [2.75, 3.05) is 25.1 Å². The molecule has 2 heterocycles. The Bertz CT molecular complexity index is 753. The number of rotatable bonds is 7. The molecule has 1 amide bonds. The van der Waals surface area contributed by atoms with E-state index in [1.54, 1.807) is 24.3 Å². The van der Waals surface area contributed by atoms with Crippen molar-refractivity contribution in [3.8, 4) is 5.75 Å². The zero-order valence-electron chi connectivity index (χ0n) is 14.4. The first kappa shape index (κ1) is 18.3. The van der Waals surface area contributed by atoms with Crippen LogP contribution in [0.1, 0.15) is 28.9 Å². The molecule has 1 unspecified atom stereocenters. The van der Waals surface area contributed by atoms with E-state index in [-0.39, 0.29) is 12.7 Å². The van der Waals surface area contributed by atoms with E-state index in [4.69, 9.17) is 14.2 Å². The van der Waals surface area contributed by atoms with E-state index in [1.165, 1.54) is 11.3 Å². The fourth-order valence-corrected chi connectivity index (χ4v) is 3.14. The number of nitrogens with one attached hydrogen (secondary N) is 1. The Morgan fingerprint density at radius 1 is 1.35 bits per heavy atom. The van der Waals surface area contributed by atoms with E-state index in [9.17, 15) is 9.59 Å². The average molecular weight is 376 g/mol. The van der Waals surface area contributed by atoms with E-state index >= 15 is 0 Å². The number of carbonyl (C=O) groups excluding carboxylic acids is 2. The standard InChI is InChI=1S/C18H20N2O5S/c1-12-11-26-18(19-12)20-16(21)10-25-17(22)13-4-6-14(7-5-13)24-9-15-3-2-8-23-15/h4-7,11,15H,2-3,8-10H2,1H3,(H,19,20,21). The zero-order valence-corrected chi connectivity index (χ0v) is 15.2. The van der Waals surface area contributed by atoms with Gasteiger partial charge in [0, 0.05) is 12.0 Å². The Morgan fingerprint density at radius 3 is 2.81 bits per heavy atom. The van der Waals surface area contributed by atoms with Gasteiger partial charge < -0.3 is 14.2 Å². The lowest BCUT2D eigenvalue weighted by atomic mass is 10.2. The van der Waals surface area contributed by atoms with Crippen molar-refractivity contribution in [1.82, 2.24) is 4.98 Å². The van der Waals surface area contributed by atoms with E-state index < -0.39 is 11.9 Å². The lowest BCUT2D eigenvalue weighted by Crippen LogP contribution is -2.20. The molecule has 1 N–H and O–H groups in total. The Morgan fingerprint density at radius 2 is 2.15 bits per heavy atom. The van der Waals surface area contributed by atoms with Crippen molar-refractivity contribution in [2.24, 2.45) is 0 Å². The van der Waals surface area contributed by atoms with Gasteiger partial charge in [0.25, 0.3) is 5.91 Å². The van der Waals surface area contributed by atoms with E-state index in [0.717, 1.165) is 25.1 Å². The highest BCUT2D eigenvalue weighted by molar-refractivity contribution is 7.13.